The molecular formula is C25H28ClFN4O6. The zero-order valence-electron chi connectivity index (χ0n) is 20.2. The third kappa shape index (κ3) is 4.82. The Hall–Kier alpha value is -2.70. The first kappa shape index (κ1) is 24.6. The normalized spacial score (nSPS) is 26.4. The van der Waals surface area contributed by atoms with Gasteiger partial charge in [-0.05, 0) is 37.5 Å². The number of aromatic nitrogens is 3. The molecule has 6 rings (SSSR count). The fraction of sp³-hybridized carbons (Fsp3) is 0.520. The molecule has 4 heterocycles. The van der Waals surface area contributed by atoms with E-state index < -0.39 is 18.3 Å². The van der Waals surface area contributed by atoms with Crippen LogP contribution in [0.1, 0.15) is 30.5 Å². The predicted octanol–water partition coefficient (Wildman–Crippen LogP) is 3.17. The number of halogens is 2. The highest BCUT2D eigenvalue weighted by molar-refractivity contribution is 6.33. The first-order chi connectivity index (χ1) is 18.0. The van der Waals surface area contributed by atoms with E-state index in [4.69, 9.17) is 35.3 Å². The Morgan fingerprint density at radius 3 is 2.92 bits per heavy atom. The van der Waals surface area contributed by atoms with Gasteiger partial charge in [0.25, 0.3) is 6.01 Å². The Kier molecular flexibility index (Phi) is 6.80. The number of pyridine rings is 1. The number of rotatable bonds is 9. The summed E-state index contributed by atoms with van der Waals surface area (Å²) in [6.07, 6.45) is -0.421. The van der Waals surface area contributed by atoms with Crippen LogP contribution in [0.2, 0.25) is 5.02 Å². The number of aryl methyl sites for hydroxylation is 1. The molecule has 1 aromatic carbocycles. The second-order valence-electron chi connectivity index (χ2n) is 9.31. The van der Waals surface area contributed by atoms with Crippen molar-refractivity contribution in [1.82, 2.24) is 15.0 Å². The van der Waals surface area contributed by atoms with E-state index in [1.54, 1.807) is 6.07 Å². The van der Waals surface area contributed by atoms with Crippen molar-refractivity contribution in [1.29, 1.82) is 0 Å². The zero-order chi connectivity index (χ0) is 25.5. The summed E-state index contributed by atoms with van der Waals surface area (Å²) in [7, 11) is 0. The Bertz CT molecular complexity index is 1290. The summed E-state index contributed by atoms with van der Waals surface area (Å²) in [5, 5.41) is 13.6. The molecule has 0 amide bonds. The lowest BCUT2D eigenvalue weighted by Crippen LogP contribution is -2.34. The molecular weight excluding hydrogens is 507 g/mol. The maximum atomic E-state index is 15.1. The number of hydrogen-bond donors (Lipinski definition) is 3. The first-order valence-corrected chi connectivity index (χ1v) is 12.8. The van der Waals surface area contributed by atoms with Gasteiger partial charge in [0.15, 0.2) is 11.8 Å². The number of anilines is 1. The van der Waals surface area contributed by atoms with Crippen LogP contribution in [0.3, 0.4) is 0 Å². The fourth-order valence-electron chi connectivity index (χ4n) is 5.19. The molecule has 2 aliphatic heterocycles. The molecule has 37 heavy (non-hydrogen) atoms. The van der Waals surface area contributed by atoms with E-state index in [-0.39, 0.29) is 37.2 Å². The lowest BCUT2D eigenvalue weighted by molar-refractivity contribution is 0.00706. The van der Waals surface area contributed by atoms with Gasteiger partial charge in [-0.15, -0.1) is 0 Å². The Balaban J connectivity index is 1.16. The molecule has 1 aliphatic carbocycles. The number of ether oxygens (including phenoxy) is 5. The van der Waals surface area contributed by atoms with Crippen LogP contribution in [0.15, 0.2) is 18.2 Å². The minimum atomic E-state index is -0.659. The number of nitrogens with one attached hydrogen (secondary N) is 2. The number of H-pyrrole nitrogens is 1. The van der Waals surface area contributed by atoms with Gasteiger partial charge in [-0.2, -0.15) is 4.98 Å². The van der Waals surface area contributed by atoms with Crippen molar-refractivity contribution in [3.63, 3.8) is 0 Å². The summed E-state index contributed by atoms with van der Waals surface area (Å²) in [5.74, 6) is 0.575. The Labute approximate surface area is 217 Å². The number of imidazole rings is 1. The van der Waals surface area contributed by atoms with Crippen molar-refractivity contribution in [2.45, 2.75) is 50.2 Å². The molecule has 3 N–H and O–H groups in total. The van der Waals surface area contributed by atoms with E-state index in [9.17, 15) is 5.11 Å². The van der Waals surface area contributed by atoms with Crippen molar-refractivity contribution in [3.8, 4) is 11.8 Å². The molecule has 0 saturated carbocycles. The van der Waals surface area contributed by atoms with Gasteiger partial charge in [0.05, 0.1) is 36.4 Å². The summed E-state index contributed by atoms with van der Waals surface area (Å²) < 4.78 is 43.1. The number of fused-ring (bicyclic) bond motifs is 3. The van der Waals surface area contributed by atoms with Gasteiger partial charge in [0.2, 0.25) is 0 Å². The smallest absolute Gasteiger partial charge is 0.296 e. The second-order valence-corrected chi connectivity index (χ2v) is 9.72. The third-order valence-electron chi connectivity index (χ3n) is 6.90. The fourth-order valence-corrected chi connectivity index (χ4v) is 5.39. The minimum Gasteiger partial charge on any atom is -0.491 e. The molecule has 5 atom stereocenters. The molecule has 12 heteroatoms. The van der Waals surface area contributed by atoms with Gasteiger partial charge in [-0.25, -0.2) is 9.37 Å². The van der Waals surface area contributed by atoms with Gasteiger partial charge >= 0.3 is 0 Å². The minimum absolute atomic E-state index is 0.217. The molecule has 2 fully saturated rings. The first-order valence-electron chi connectivity index (χ1n) is 12.4. The van der Waals surface area contributed by atoms with Gasteiger partial charge < -0.3 is 39.1 Å². The number of nitrogens with zero attached hydrogens (tertiary/aromatic N) is 2. The van der Waals surface area contributed by atoms with Crippen molar-refractivity contribution >= 4 is 28.6 Å². The zero-order valence-corrected chi connectivity index (χ0v) is 21.0. The van der Waals surface area contributed by atoms with Crippen molar-refractivity contribution in [2.24, 2.45) is 0 Å². The summed E-state index contributed by atoms with van der Waals surface area (Å²) in [5.41, 5.74) is 2.49. The van der Waals surface area contributed by atoms with Crippen molar-refractivity contribution < 1.29 is 33.2 Å². The quantitative estimate of drug-likeness (QED) is 0.355. The molecule has 10 nitrogen and oxygen atoms in total. The summed E-state index contributed by atoms with van der Waals surface area (Å²) in [4.78, 5) is 12.1. The van der Waals surface area contributed by atoms with Crippen LogP contribution in [-0.4, -0.2) is 77.5 Å². The van der Waals surface area contributed by atoms with Crippen LogP contribution >= 0.6 is 11.6 Å². The number of aromatic amines is 1. The maximum Gasteiger partial charge on any atom is 0.296 e. The standard InChI is InChI=1S/C25H28ClFN4O6/c1-2-33-5-6-34-13-7-12-3-4-16(20(12)15(27)8-13)28-23-14(26)9-17-24(30-23)31-25(29-17)37-19-11-36-21-18(32)10-35-22(19)21/h7-9,16,18-19,21-22,32H,2-6,10-11H2,1H3,(H2,28,29,30,31)/t16?,18-,19?,21-,22-/m1/s1. The molecule has 2 unspecified atom stereocenters. The van der Waals surface area contributed by atoms with Gasteiger partial charge in [0, 0.05) is 18.2 Å². The number of hydrogen-bond acceptors (Lipinski definition) is 9. The van der Waals surface area contributed by atoms with E-state index in [0.29, 0.717) is 66.0 Å². The lowest BCUT2D eigenvalue weighted by atomic mass is 10.1. The predicted molar refractivity (Wildman–Crippen MR) is 132 cm³/mol. The maximum absolute atomic E-state index is 15.1. The molecule has 0 bridgehead atoms. The largest absolute Gasteiger partial charge is 0.491 e. The van der Waals surface area contributed by atoms with Gasteiger partial charge in [0.1, 0.15) is 42.3 Å². The number of aliphatic hydroxyl groups excluding tert-OH is 1. The van der Waals surface area contributed by atoms with Crippen molar-refractivity contribution in [2.75, 3.05) is 38.4 Å². The average Bonchev–Trinajstić information content (AvgIpc) is 3.64. The van der Waals surface area contributed by atoms with E-state index in [1.807, 2.05) is 13.0 Å². The molecule has 0 radical (unpaired) electrons. The van der Waals surface area contributed by atoms with Crippen LogP contribution in [0.4, 0.5) is 10.2 Å². The summed E-state index contributed by atoms with van der Waals surface area (Å²) >= 11 is 6.52. The molecule has 2 saturated heterocycles. The van der Waals surface area contributed by atoms with E-state index in [1.165, 1.54) is 6.07 Å². The lowest BCUT2D eigenvalue weighted by Gasteiger charge is -2.17. The average molecular weight is 535 g/mol. The Morgan fingerprint density at radius 1 is 1.19 bits per heavy atom. The molecule has 0 spiro atoms. The highest BCUT2D eigenvalue weighted by Crippen LogP contribution is 2.39. The van der Waals surface area contributed by atoms with Crippen LogP contribution in [0, 0.1) is 5.82 Å². The number of aliphatic hydroxyl groups is 1. The van der Waals surface area contributed by atoms with E-state index in [2.05, 4.69) is 20.3 Å². The Morgan fingerprint density at radius 2 is 2.05 bits per heavy atom. The molecule has 3 aliphatic rings. The molecule has 198 valence electrons. The topological polar surface area (TPSA) is 120 Å². The second kappa shape index (κ2) is 10.2. The highest BCUT2D eigenvalue weighted by atomic mass is 35.5. The molecule has 3 aromatic rings. The van der Waals surface area contributed by atoms with E-state index in [0.717, 1.165) is 5.56 Å². The van der Waals surface area contributed by atoms with Gasteiger partial charge in [-0.3, -0.25) is 0 Å². The van der Waals surface area contributed by atoms with E-state index >= 15 is 4.39 Å². The van der Waals surface area contributed by atoms with Crippen molar-refractivity contribution in [3.05, 3.63) is 40.2 Å². The van der Waals surface area contributed by atoms with Crippen LogP contribution in [0.25, 0.3) is 11.2 Å². The molecule has 2 aromatic heterocycles. The van der Waals surface area contributed by atoms with Crippen LogP contribution < -0.4 is 14.8 Å². The van der Waals surface area contributed by atoms with Crippen LogP contribution in [-0.2, 0) is 20.6 Å². The van der Waals surface area contributed by atoms with Crippen LogP contribution in [0.5, 0.6) is 11.8 Å². The third-order valence-corrected chi connectivity index (χ3v) is 7.19. The summed E-state index contributed by atoms with van der Waals surface area (Å²) in [6, 6.07) is 4.96. The highest BCUT2D eigenvalue weighted by Gasteiger charge is 2.48. The monoisotopic (exact) mass is 534 g/mol. The van der Waals surface area contributed by atoms with Gasteiger partial charge in [-0.1, -0.05) is 11.6 Å². The SMILES string of the molecule is CCOCCOc1cc(F)c2c(c1)CCC2Nc1nc2nc(OC3CO[C@@H]4[C@H](O)CO[C@H]34)[nH]c2cc1Cl. The number of benzene rings is 1. The summed E-state index contributed by atoms with van der Waals surface area (Å²) in [6.45, 7) is 3.86.